The quantitative estimate of drug-likeness (QED) is 0.566. The zero-order valence-electron chi connectivity index (χ0n) is 10.3. The maximum absolute atomic E-state index is 10.5. The van der Waals surface area contributed by atoms with Crippen LogP contribution in [0.4, 0.5) is 0 Å². The van der Waals surface area contributed by atoms with E-state index >= 15 is 0 Å². The van der Waals surface area contributed by atoms with Gasteiger partial charge < -0.3 is 4.79 Å². The Balaban J connectivity index is 2.18. The average Bonchev–Trinajstić information content (AvgIpc) is 2.45. The second-order valence-corrected chi connectivity index (χ2v) is 4.15. The maximum atomic E-state index is 10.5. The Morgan fingerprint density at radius 2 is 1.56 bits per heavy atom. The van der Waals surface area contributed by atoms with Gasteiger partial charge in [0.2, 0.25) is 0 Å². The molecule has 0 heterocycles. The minimum absolute atomic E-state index is 0.580. The van der Waals surface area contributed by atoms with Crippen molar-refractivity contribution in [2.75, 3.05) is 0 Å². The summed E-state index contributed by atoms with van der Waals surface area (Å²) in [6.07, 6.45) is 6.56. The van der Waals surface area contributed by atoms with Crippen LogP contribution >= 0.6 is 0 Å². The molecule has 0 spiro atoms. The molecule has 0 unspecified atom stereocenters. The van der Waals surface area contributed by atoms with E-state index in [0.717, 1.165) is 12.7 Å². The van der Waals surface area contributed by atoms with Crippen molar-refractivity contribution in [3.05, 3.63) is 71.3 Å². The molecule has 0 saturated heterocycles. The van der Waals surface area contributed by atoms with E-state index in [1.165, 1.54) is 16.7 Å². The summed E-state index contributed by atoms with van der Waals surface area (Å²) in [6.45, 7) is 0. The van der Waals surface area contributed by atoms with Gasteiger partial charge in [-0.2, -0.15) is 0 Å². The van der Waals surface area contributed by atoms with Crippen molar-refractivity contribution in [1.29, 1.82) is 0 Å². The first-order chi connectivity index (χ1) is 8.90. The molecule has 0 N–H and O–H groups in total. The summed E-state index contributed by atoms with van der Waals surface area (Å²) < 4.78 is 0. The summed E-state index contributed by atoms with van der Waals surface area (Å²) in [5, 5.41) is 0. The van der Waals surface area contributed by atoms with Crippen LogP contribution in [0.25, 0.3) is 12.2 Å². The van der Waals surface area contributed by atoms with Crippen molar-refractivity contribution in [3.8, 4) is 0 Å². The van der Waals surface area contributed by atoms with Crippen molar-refractivity contribution in [2.45, 2.75) is 12.8 Å². The van der Waals surface area contributed by atoms with Crippen LogP contribution in [0.2, 0.25) is 0 Å². The Morgan fingerprint density at radius 1 is 0.833 bits per heavy atom. The molecule has 18 heavy (non-hydrogen) atoms. The first-order valence-electron chi connectivity index (χ1n) is 6.15. The summed E-state index contributed by atoms with van der Waals surface area (Å²) >= 11 is 0. The lowest BCUT2D eigenvalue weighted by atomic mass is 10.0. The average molecular weight is 236 g/mol. The minimum atomic E-state index is 0.580. The van der Waals surface area contributed by atoms with Crippen molar-refractivity contribution in [3.63, 3.8) is 0 Å². The molecule has 90 valence electrons. The van der Waals surface area contributed by atoms with Crippen molar-refractivity contribution in [2.24, 2.45) is 0 Å². The second kappa shape index (κ2) is 6.55. The molecule has 0 aromatic heterocycles. The highest BCUT2D eigenvalue weighted by Crippen LogP contribution is 2.14. The van der Waals surface area contributed by atoms with Gasteiger partial charge in [-0.15, -0.1) is 0 Å². The van der Waals surface area contributed by atoms with Crippen LogP contribution in [0, 0.1) is 0 Å². The van der Waals surface area contributed by atoms with Gasteiger partial charge in [-0.25, -0.2) is 0 Å². The lowest BCUT2D eigenvalue weighted by molar-refractivity contribution is -0.107. The molecule has 0 saturated carbocycles. The van der Waals surface area contributed by atoms with Gasteiger partial charge in [0.1, 0.15) is 6.29 Å². The molecule has 0 atom stereocenters. The standard InChI is InChI=1S/C17H16O/c18-14-6-11-16-9-4-5-10-17(16)13-12-15-7-2-1-3-8-15/h1-5,7-10,12-14H,6,11H2. The van der Waals surface area contributed by atoms with Crippen LogP contribution in [0.1, 0.15) is 23.1 Å². The Bertz CT molecular complexity index is 526. The predicted molar refractivity (Wildman–Crippen MR) is 76.2 cm³/mol. The second-order valence-electron chi connectivity index (χ2n) is 4.15. The van der Waals surface area contributed by atoms with Crippen molar-refractivity contribution in [1.82, 2.24) is 0 Å². The number of hydrogen-bond acceptors (Lipinski definition) is 1. The van der Waals surface area contributed by atoms with Gasteiger partial charge in [0, 0.05) is 6.42 Å². The number of carbonyl (C=O) groups excluding carboxylic acids is 1. The molecular formula is C17H16O. The van der Waals surface area contributed by atoms with Gasteiger partial charge in [-0.05, 0) is 23.1 Å². The molecule has 0 amide bonds. The first kappa shape index (κ1) is 12.3. The SMILES string of the molecule is O=CCCc1ccccc1C=Cc1ccccc1. The van der Waals surface area contributed by atoms with E-state index in [1.807, 2.05) is 30.3 Å². The summed E-state index contributed by atoms with van der Waals surface area (Å²) in [4.78, 5) is 10.5. The molecule has 2 aromatic rings. The predicted octanol–water partition coefficient (Wildman–Crippen LogP) is 3.99. The fraction of sp³-hybridized carbons (Fsp3) is 0.118. The van der Waals surface area contributed by atoms with Gasteiger partial charge in [-0.1, -0.05) is 66.7 Å². The number of benzene rings is 2. The van der Waals surface area contributed by atoms with Crippen LogP contribution in [-0.2, 0) is 11.2 Å². The normalized spacial score (nSPS) is 10.7. The van der Waals surface area contributed by atoms with Gasteiger partial charge in [0.25, 0.3) is 0 Å². The van der Waals surface area contributed by atoms with Crippen molar-refractivity contribution >= 4 is 18.4 Å². The van der Waals surface area contributed by atoms with E-state index in [9.17, 15) is 4.79 Å². The molecule has 2 rings (SSSR count). The number of carbonyl (C=O) groups is 1. The van der Waals surface area contributed by atoms with Crippen LogP contribution in [0.5, 0.6) is 0 Å². The zero-order valence-corrected chi connectivity index (χ0v) is 10.3. The third-order valence-electron chi connectivity index (χ3n) is 2.84. The molecule has 0 aliphatic carbocycles. The lowest BCUT2D eigenvalue weighted by Crippen LogP contribution is -1.89. The molecule has 0 radical (unpaired) electrons. The fourth-order valence-electron chi connectivity index (χ4n) is 1.89. The highest BCUT2D eigenvalue weighted by Gasteiger charge is 1.97. The van der Waals surface area contributed by atoms with Crippen LogP contribution in [-0.4, -0.2) is 6.29 Å². The largest absolute Gasteiger partial charge is 0.303 e. The van der Waals surface area contributed by atoms with E-state index in [-0.39, 0.29) is 0 Å². The topological polar surface area (TPSA) is 17.1 Å². The molecule has 1 heteroatoms. The third kappa shape index (κ3) is 3.42. The van der Waals surface area contributed by atoms with Crippen LogP contribution in [0.3, 0.4) is 0 Å². The third-order valence-corrected chi connectivity index (χ3v) is 2.84. The number of aldehydes is 1. The molecule has 2 aromatic carbocycles. The van der Waals surface area contributed by atoms with E-state index in [4.69, 9.17) is 0 Å². The molecular weight excluding hydrogens is 220 g/mol. The number of hydrogen-bond donors (Lipinski definition) is 0. The zero-order chi connectivity index (χ0) is 12.6. The van der Waals surface area contributed by atoms with Crippen LogP contribution < -0.4 is 0 Å². The molecule has 0 aliphatic rings. The molecule has 0 bridgehead atoms. The molecule has 1 nitrogen and oxygen atoms in total. The molecule has 0 aliphatic heterocycles. The van der Waals surface area contributed by atoms with Gasteiger partial charge in [-0.3, -0.25) is 0 Å². The Labute approximate surface area is 108 Å². The van der Waals surface area contributed by atoms with Gasteiger partial charge in [0.05, 0.1) is 0 Å². The fourth-order valence-corrected chi connectivity index (χ4v) is 1.89. The highest BCUT2D eigenvalue weighted by molar-refractivity contribution is 5.71. The summed E-state index contributed by atoms with van der Waals surface area (Å²) in [5.41, 5.74) is 3.59. The van der Waals surface area contributed by atoms with Gasteiger partial charge in [0.15, 0.2) is 0 Å². The van der Waals surface area contributed by atoms with E-state index in [1.54, 1.807) is 0 Å². The smallest absolute Gasteiger partial charge is 0.120 e. The molecule has 0 fully saturated rings. The number of aryl methyl sites for hydroxylation is 1. The Kier molecular flexibility index (Phi) is 4.48. The Morgan fingerprint density at radius 3 is 2.33 bits per heavy atom. The summed E-state index contributed by atoms with van der Waals surface area (Å²) in [6, 6.07) is 18.4. The van der Waals surface area contributed by atoms with Gasteiger partial charge >= 0.3 is 0 Å². The maximum Gasteiger partial charge on any atom is 0.120 e. The minimum Gasteiger partial charge on any atom is -0.303 e. The van der Waals surface area contributed by atoms with E-state index in [0.29, 0.717) is 6.42 Å². The number of rotatable bonds is 5. The van der Waals surface area contributed by atoms with E-state index < -0.39 is 0 Å². The highest BCUT2D eigenvalue weighted by atomic mass is 16.1. The Hall–Kier alpha value is -2.15. The first-order valence-corrected chi connectivity index (χ1v) is 6.15. The summed E-state index contributed by atoms with van der Waals surface area (Å²) in [7, 11) is 0. The van der Waals surface area contributed by atoms with Crippen LogP contribution in [0.15, 0.2) is 54.6 Å². The van der Waals surface area contributed by atoms with Crippen molar-refractivity contribution < 1.29 is 4.79 Å². The van der Waals surface area contributed by atoms with E-state index in [2.05, 4.69) is 36.4 Å². The summed E-state index contributed by atoms with van der Waals surface area (Å²) in [5.74, 6) is 0. The monoisotopic (exact) mass is 236 g/mol. The lowest BCUT2D eigenvalue weighted by Gasteiger charge is -2.03.